The first-order valence-electron chi connectivity index (χ1n) is 7.22. The number of rotatable bonds is 3. The number of hydrogen-bond donors (Lipinski definition) is 0. The standard InChI is InChI=1S/C14H18N4O2S/c15-11-12-3-1-6-16-14(12)17-7-2-8-18(10-9-17)21(19,20)13-4-5-13/h1,3,6,13H,2,4-5,7-10H2. The van der Waals surface area contributed by atoms with Crippen LogP contribution in [0.15, 0.2) is 18.3 Å². The molecule has 0 amide bonds. The predicted octanol–water partition coefficient (Wildman–Crippen LogP) is 0.958. The molecule has 1 aromatic rings. The third kappa shape index (κ3) is 2.87. The zero-order chi connectivity index (χ0) is 14.9. The molecule has 112 valence electrons. The molecule has 7 heteroatoms. The van der Waals surface area contributed by atoms with Crippen LogP contribution in [-0.2, 0) is 10.0 Å². The molecule has 0 N–H and O–H groups in total. The third-order valence-electron chi connectivity index (χ3n) is 3.97. The summed E-state index contributed by atoms with van der Waals surface area (Å²) in [6, 6.07) is 5.63. The van der Waals surface area contributed by atoms with Gasteiger partial charge in [0.05, 0.1) is 10.8 Å². The highest BCUT2D eigenvalue weighted by atomic mass is 32.2. The summed E-state index contributed by atoms with van der Waals surface area (Å²) in [6.07, 6.45) is 4.01. The Bertz CT molecular complexity index is 664. The molecule has 1 aliphatic carbocycles. The average molecular weight is 306 g/mol. The van der Waals surface area contributed by atoms with Crippen molar-refractivity contribution in [3.8, 4) is 6.07 Å². The van der Waals surface area contributed by atoms with Crippen LogP contribution in [0.25, 0.3) is 0 Å². The largest absolute Gasteiger partial charge is 0.354 e. The number of sulfonamides is 1. The van der Waals surface area contributed by atoms with Gasteiger partial charge in [-0.3, -0.25) is 0 Å². The van der Waals surface area contributed by atoms with Gasteiger partial charge in [-0.25, -0.2) is 13.4 Å². The van der Waals surface area contributed by atoms with Gasteiger partial charge < -0.3 is 4.90 Å². The summed E-state index contributed by atoms with van der Waals surface area (Å²) in [5, 5.41) is 9.00. The van der Waals surface area contributed by atoms with Gasteiger partial charge >= 0.3 is 0 Å². The lowest BCUT2D eigenvalue weighted by molar-refractivity contribution is 0.432. The fourth-order valence-electron chi connectivity index (χ4n) is 2.67. The van der Waals surface area contributed by atoms with Crippen molar-refractivity contribution >= 4 is 15.8 Å². The Kier molecular flexibility index (Phi) is 3.83. The minimum Gasteiger partial charge on any atom is -0.354 e. The summed E-state index contributed by atoms with van der Waals surface area (Å²) in [5.41, 5.74) is 0.538. The van der Waals surface area contributed by atoms with Crippen LogP contribution < -0.4 is 4.90 Å². The van der Waals surface area contributed by atoms with E-state index in [1.54, 1.807) is 22.6 Å². The zero-order valence-electron chi connectivity index (χ0n) is 11.8. The van der Waals surface area contributed by atoms with Crippen LogP contribution in [0.2, 0.25) is 0 Å². The van der Waals surface area contributed by atoms with Gasteiger partial charge in [-0.2, -0.15) is 9.57 Å². The van der Waals surface area contributed by atoms with E-state index in [-0.39, 0.29) is 5.25 Å². The SMILES string of the molecule is N#Cc1cccnc1N1CCCN(S(=O)(=O)C2CC2)CC1. The van der Waals surface area contributed by atoms with E-state index in [2.05, 4.69) is 11.1 Å². The van der Waals surface area contributed by atoms with Crippen molar-refractivity contribution in [3.63, 3.8) is 0 Å². The molecular weight excluding hydrogens is 288 g/mol. The highest BCUT2D eigenvalue weighted by Crippen LogP contribution is 2.31. The molecule has 0 bridgehead atoms. The number of pyridine rings is 1. The van der Waals surface area contributed by atoms with Gasteiger partial charge in [-0.1, -0.05) is 0 Å². The van der Waals surface area contributed by atoms with E-state index in [9.17, 15) is 8.42 Å². The minimum absolute atomic E-state index is 0.159. The van der Waals surface area contributed by atoms with E-state index in [0.29, 0.717) is 31.0 Å². The second-order valence-electron chi connectivity index (χ2n) is 5.47. The van der Waals surface area contributed by atoms with Crippen molar-refractivity contribution in [3.05, 3.63) is 23.9 Å². The summed E-state index contributed by atoms with van der Waals surface area (Å²) < 4.78 is 26.2. The van der Waals surface area contributed by atoms with E-state index in [4.69, 9.17) is 5.26 Å². The first-order valence-corrected chi connectivity index (χ1v) is 8.72. The molecule has 0 aromatic carbocycles. The Labute approximate surface area is 125 Å². The molecule has 1 saturated carbocycles. The number of nitriles is 1. The van der Waals surface area contributed by atoms with Crippen LogP contribution in [0, 0.1) is 11.3 Å². The Morgan fingerprint density at radius 1 is 1.24 bits per heavy atom. The average Bonchev–Trinajstić information content (AvgIpc) is 3.33. The van der Waals surface area contributed by atoms with Gasteiger partial charge in [0.25, 0.3) is 0 Å². The lowest BCUT2D eigenvalue weighted by atomic mass is 10.2. The van der Waals surface area contributed by atoms with Gasteiger partial charge in [0.2, 0.25) is 10.0 Å². The third-order valence-corrected chi connectivity index (χ3v) is 6.37. The Morgan fingerprint density at radius 2 is 2.05 bits per heavy atom. The van der Waals surface area contributed by atoms with Crippen molar-refractivity contribution in [2.75, 3.05) is 31.1 Å². The van der Waals surface area contributed by atoms with E-state index in [0.717, 1.165) is 25.8 Å². The van der Waals surface area contributed by atoms with Gasteiger partial charge in [0.15, 0.2) is 0 Å². The fraction of sp³-hybridized carbons (Fsp3) is 0.571. The van der Waals surface area contributed by atoms with Crippen LogP contribution in [0.5, 0.6) is 0 Å². The molecule has 0 radical (unpaired) electrons. The molecule has 6 nitrogen and oxygen atoms in total. The molecule has 21 heavy (non-hydrogen) atoms. The maximum Gasteiger partial charge on any atom is 0.217 e. The van der Waals surface area contributed by atoms with Crippen LogP contribution >= 0.6 is 0 Å². The van der Waals surface area contributed by atoms with Crippen molar-refractivity contribution in [2.24, 2.45) is 0 Å². The number of anilines is 1. The van der Waals surface area contributed by atoms with E-state index in [1.165, 1.54) is 0 Å². The molecule has 2 fully saturated rings. The summed E-state index contributed by atoms with van der Waals surface area (Å²) in [6.45, 7) is 2.34. The molecule has 1 aliphatic heterocycles. The van der Waals surface area contributed by atoms with Crippen LogP contribution in [0.3, 0.4) is 0 Å². The van der Waals surface area contributed by atoms with Crippen molar-refractivity contribution < 1.29 is 8.42 Å². The molecule has 0 atom stereocenters. The second-order valence-corrected chi connectivity index (χ2v) is 7.68. The van der Waals surface area contributed by atoms with Gasteiger partial charge in [0, 0.05) is 32.4 Å². The second kappa shape index (κ2) is 5.62. The monoisotopic (exact) mass is 306 g/mol. The molecule has 0 spiro atoms. The first kappa shape index (κ1) is 14.3. The maximum atomic E-state index is 12.3. The van der Waals surface area contributed by atoms with Crippen molar-refractivity contribution in [1.82, 2.24) is 9.29 Å². The minimum atomic E-state index is -3.11. The number of nitrogens with zero attached hydrogens (tertiary/aromatic N) is 4. The quantitative estimate of drug-likeness (QED) is 0.831. The van der Waals surface area contributed by atoms with Gasteiger partial charge in [0.1, 0.15) is 11.9 Å². The van der Waals surface area contributed by atoms with Crippen LogP contribution in [-0.4, -0.2) is 49.1 Å². The van der Waals surface area contributed by atoms with E-state index >= 15 is 0 Å². The molecule has 2 heterocycles. The highest BCUT2D eigenvalue weighted by molar-refractivity contribution is 7.90. The van der Waals surface area contributed by atoms with Crippen molar-refractivity contribution in [2.45, 2.75) is 24.5 Å². The maximum absolute atomic E-state index is 12.3. The van der Waals surface area contributed by atoms with Gasteiger partial charge in [-0.05, 0) is 31.4 Å². The Morgan fingerprint density at radius 3 is 2.76 bits per heavy atom. The lowest BCUT2D eigenvalue weighted by Gasteiger charge is -2.23. The van der Waals surface area contributed by atoms with Crippen molar-refractivity contribution in [1.29, 1.82) is 5.26 Å². The van der Waals surface area contributed by atoms with E-state index in [1.807, 2.05) is 4.90 Å². The Balaban J connectivity index is 1.76. The summed E-state index contributed by atoms with van der Waals surface area (Å²) in [7, 11) is -3.11. The van der Waals surface area contributed by atoms with Gasteiger partial charge in [-0.15, -0.1) is 0 Å². The molecule has 2 aliphatic rings. The Hall–Kier alpha value is -1.65. The summed E-state index contributed by atoms with van der Waals surface area (Å²) >= 11 is 0. The number of hydrogen-bond acceptors (Lipinski definition) is 5. The highest BCUT2D eigenvalue weighted by Gasteiger charge is 2.40. The summed E-state index contributed by atoms with van der Waals surface area (Å²) in [5.74, 6) is 0.658. The molecule has 3 rings (SSSR count). The lowest BCUT2D eigenvalue weighted by Crippen LogP contribution is -2.37. The fourth-order valence-corrected chi connectivity index (χ4v) is 4.55. The normalized spacial score (nSPS) is 20.8. The van der Waals surface area contributed by atoms with Crippen LogP contribution in [0.4, 0.5) is 5.82 Å². The molecule has 1 aromatic heterocycles. The molecule has 1 saturated heterocycles. The predicted molar refractivity (Wildman–Crippen MR) is 79.3 cm³/mol. The summed E-state index contributed by atoms with van der Waals surface area (Å²) in [4.78, 5) is 6.30. The first-order chi connectivity index (χ1) is 10.1. The topological polar surface area (TPSA) is 77.3 Å². The smallest absolute Gasteiger partial charge is 0.217 e. The zero-order valence-corrected chi connectivity index (χ0v) is 12.6. The molecular formula is C14H18N4O2S. The number of aromatic nitrogens is 1. The molecule has 0 unspecified atom stereocenters. The van der Waals surface area contributed by atoms with E-state index < -0.39 is 10.0 Å². The van der Waals surface area contributed by atoms with Crippen LogP contribution in [0.1, 0.15) is 24.8 Å².